The quantitative estimate of drug-likeness (QED) is 0.614. The molecule has 1 nitrogen and oxygen atoms in total. The summed E-state index contributed by atoms with van der Waals surface area (Å²) in [5.74, 6) is 0. The minimum atomic E-state index is 0.0677. The number of nitrogens with one attached hydrogen (secondary N) is 1. The van der Waals surface area contributed by atoms with Gasteiger partial charge in [0.05, 0.1) is 16.1 Å². The highest BCUT2D eigenvalue weighted by molar-refractivity contribution is 14.1. The summed E-state index contributed by atoms with van der Waals surface area (Å²) in [4.78, 5) is 0. The van der Waals surface area contributed by atoms with Gasteiger partial charge in [0.2, 0.25) is 0 Å². The minimum Gasteiger partial charge on any atom is -0.306 e. The van der Waals surface area contributed by atoms with Gasteiger partial charge in [-0.1, -0.05) is 54.4 Å². The summed E-state index contributed by atoms with van der Waals surface area (Å²) >= 11 is 14.8. The van der Waals surface area contributed by atoms with E-state index in [4.69, 9.17) is 23.2 Å². The van der Waals surface area contributed by atoms with Crippen LogP contribution in [-0.4, -0.2) is 6.54 Å². The van der Waals surface area contributed by atoms with E-state index in [9.17, 15) is 0 Å². The third kappa shape index (κ3) is 3.88. The molecule has 0 aliphatic heterocycles. The lowest BCUT2D eigenvalue weighted by atomic mass is 9.98. The van der Waals surface area contributed by atoms with Crippen LogP contribution in [0.2, 0.25) is 10.0 Å². The molecule has 2 aromatic carbocycles. The van der Waals surface area contributed by atoms with Crippen molar-refractivity contribution in [2.75, 3.05) is 6.54 Å². The highest BCUT2D eigenvalue weighted by atomic mass is 127. The lowest BCUT2D eigenvalue weighted by Crippen LogP contribution is -2.23. The van der Waals surface area contributed by atoms with Crippen LogP contribution in [0.3, 0.4) is 0 Å². The Hall–Kier alpha value is -0.290. The molecule has 1 atom stereocenters. The van der Waals surface area contributed by atoms with Crippen LogP contribution in [0.15, 0.2) is 42.5 Å². The molecule has 0 spiro atoms. The van der Waals surface area contributed by atoms with Gasteiger partial charge in [-0.05, 0) is 64.9 Å². The second kappa shape index (κ2) is 7.64. The van der Waals surface area contributed by atoms with Crippen molar-refractivity contribution in [1.82, 2.24) is 5.32 Å². The van der Waals surface area contributed by atoms with E-state index in [1.165, 1.54) is 9.13 Å². The van der Waals surface area contributed by atoms with E-state index in [2.05, 4.69) is 59.1 Å². The summed E-state index contributed by atoms with van der Waals surface area (Å²) < 4.78 is 1.22. The van der Waals surface area contributed by atoms with Crippen molar-refractivity contribution >= 4 is 45.8 Å². The highest BCUT2D eigenvalue weighted by Crippen LogP contribution is 2.33. The molecule has 4 heteroatoms. The van der Waals surface area contributed by atoms with E-state index in [1.54, 1.807) is 0 Å². The molecule has 106 valence electrons. The molecular weight excluding hydrogens is 404 g/mol. The average Bonchev–Trinajstić information content (AvgIpc) is 2.45. The fourth-order valence-corrected chi connectivity index (χ4v) is 2.87. The molecular formula is C16H16Cl2IN. The van der Waals surface area contributed by atoms with Crippen LogP contribution in [0.4, 0.5) is 0 Å². The molecule has 20 heavy (non-hydrogen) atoms. The van der Waals surface area contributed by atoms with Crippen molar-refractivity contribution in [3.8, 4) is 0 Å². The molecule has 0 saturated carbocycles. The molecule has 0 aromatic heterocycles. The summed E-state index contributed by atoms with van der Waals surface area (Å²) in [6.07, 6.45) is 1.07. The first-order valence-electron chi connectivity index (χ1n) is 6.56. The average molecular weight is 420 g/mol. The van der Waals surface area contributed by atoms with Crippen LogP contribution >= 0.6 is 45.8 Å². The van der Waals surface area contributed by atoms with Crippen LogP contribution in [0.1, 0.15) is 30.5 Å². The predicted octanol–water partition coefficient (Wildman–Crippen LogP) is 5.69. The lowest BCUT2D eigenvalue weighted by Gasteiger charge is -2.21. The van der Waals surface area contributed by atoms with E-state index in [0.717, 1.165) is 18.5 Å². The maximum Gasteiger partial charge on any atom is 0.0643 e. The van der Waals surface area contributed by atoms with Gasteiger partial charge in [0.25, 0.3) is 0 Å². The van der Waals surface area contributed by atoms with Crippen LogP contribution in [-0.2, 0) is 0 Å². The molecule has 1 unspecified atom stereocenters. The van der Waals surface area contributed by atoms with Gasteiger partial charge in [-0.15, -0.1) is 0 Å². The number of rotatable bonds is 5. The molecule has 2 aromatic rings. The van der Waals surface area contributed by atoms with E-state index < -0.39 is 0 Å². The standard InChI is InChI=1S/C16H16Cl2IN/c1-2-10-20-16(11-6-8-12(19)9-7-11)13-4-3-5-14(17)15(13)18/h3-9,16,20H,2,10H2,1H3. The third-order valence-electron chi connectivity index (χ3n) is 3.09. The van der Waals surface area contributed by atoms with Crippen LogP contribution in [0.5, 0.6) is 0 Å². The Morgan fingerprint density at radius 3 is 2.45 bits per heavy atom. The summed E-state index contributed by atoms with van der Waals surface area (Å²) in [6, 6.07) is 14.3. The maximum atomic E-state index is 6.37. The van der Waals surface area contributed by atoms with Gasteiger partial charge in [0, 0.05) is 3.57 Å². The van der Waals surface area contributed by atoms with Crippen molar-refractivity contribution in [1.29, 1.82) is 0 Å². The van der Waals surface area contributed by atoms with E-state index in [-0.39, 0.29) is 6.04 Å². The zero-order valence-electron chi connectivity index (χ0n) is 11.2. The van der Waals surface area contributed by atoms with Crippen molar-refractivity contribution in [3.05, 3.63) is 67.2 Å². The third-order valence-corrected chi connectivity index (χ3v) is 4.65. The first-order chi connectivity index (χ1) is 9.63. The molecule has 0 aliphatic rings. The zero-order valence-corrected chi connectivity index (χ0v) is 14.8. The second-order valence-electron chi connectivity index (χ2n) is 4.58. The largest absolute Gasteiger partial charge is 0.306 e. The van der Waals surface area contributed by atoms with Crippen molar-refractivity contribution in [2.24, 2.45) is 0 Å². The Kier molecular flexibility index (Phi) is 6.15. The highest BCUT2D eigenvalue weighted by Gasteiger charge is 2.17. The molecule has 0 saturated heterocycles. The zero-order chi connectivity index (χ0) is 14.5. The lowest BCUT2D eigenvalue weighted by molar-refractivity contribution is 0.598. The predicted molar refractivity (Wildman–Crippen MR) is 95.8 cm³/mol. The fraction of sp³-hybridized carbons (Fsp3) is 0.250. The SMILES string of the molecule is CCCNC(c1ccc(I)cc1)c1cccc(Cl)c1Cl. The number of hydrogen-bond donors (Lipinski definition) is 1. The number of hydrogen-bond acceptors (Lipinski definition) is 1. The fourth-order valence-electron chi connectivity index (χ4n) is 2.09. The number of benzene rings is 2. The van der Waals surface area contributed by atoms with Crippen molar-refractivity contribution in [2.45, 2.75) is 19.4 Å². The van der Waals surface area contributed by atoms with Crippen LogP contribution in [0.25, 0.3) is 0 Å². The van der Waals surface area contributed by atoms with E-state index in [0.29, 0.717) is 10.0 Å². The Morgan fingerprint density at radius 1 is 1.10 bits per heavy atom. The Bertz CT molecular complexity index is 569. The Labute approximate surface area is 143 Å². The smallest absolute Gasteiger partial charge is 0.0643 e. The minimum absolute atomic E-state index is 0.0677. The van der Waals surface area contributed by atoms with Gasteiger partial charge in [-0.25, -0.2) is 0 Å². The molecule has 0 radical (unpaired) electrons. The molecule has 0 aliphatic carbocycles. The topological polar surface area (TPSA) is 12.0 Å². The number of halogens is 3. The summed E-state index contributed by atoms with van der Waals surface area (Å²) in [7, 11) is 0. The molecule has 0 bridgehead atoms. The molecule has 0 amide bonds. The summed E-state index contributed by atoms with van der Waals surface area (Å²) in [6.45, 7) is 3.08. The summed E-state index contributed by atoms with van der Waals surface area (Å²) in [5, 5.41) is 4.77. The van der Waals surface area contributed by atoms with Crippen molar-refractivity contribution < 1.29 is 0 Å². The Balaban J connectivity index is 2.41. The van der Waals surface area contributed by atoms with E-state index in [1.807, 2.05) is 18.2 Å². The molecule has 1 N–H and O–H groups in total. The molecule has 2 rings (SSSR count). The first kappa shape index (κ1) is 16.1. The summed E-state index contributed by atoms with van der Waals surface area (Å²) in [5.41, 5.74) is 2.22. The van der Waals surface area contributed by atoms with Crippen molar-refractivity contribution in [3.63, 3.8) is 0 Å². The molecule has 0 fully saturated rings. The Morgan fingerprint density at radius 2 is 1.80 bits per heavy atom. The monoisotopic (exact) mass is 419 g/mol. The van der Waals surface area contributed by atoms with Crippen LogP contribution in [0, 0.1) is 3.57 Å². The second-order valence-corrected chi connectivity index (χ2v) is 6.61. The van der Waals surface area contributed by atoms with Gasteiger partial charge in [-0.2, -0.15) is 0 Å². The van der Waals surface area contributed by atoms with Gasteiger partial charge in [0.1, 0.15) is 0 Å². The molecule has 0 heterocycles. The first-order valence-corrected chi connectivity index (χ1v) is 8.39. The van der Waals surface area contributed by atoms with Gasteiger partial charge in [0.15, 0.2) is 0 Å². The van der Waals surface area contributed by atoms with Gasteiger partial charge in [-0.3, -0.25) is 0 Å². The van der Waals surface area contributed by atoms with E-state index >= 15 is 0 Å². The van der Waals surface area contributed by atoms with Crippen LogP contribution < -0.4 is 5.32 Å². The normalized spacial score (nSPS) is 12.4. The van der Waals surface area contributed by atoms with Gasteiger partial charge >= 0.3 is 0 Å². The van der Waals surface area contributed by atoms with Gasteiger partial charge < -0.3 is 5.32 Å². The maximum absolute atomic E-state index is 6.37.